The molecular weight excluding hydrogens is 274 g/mol. The van der Waals surface area contributed by atoms with Gasteiger partial charge in [-0.2, -0.15) is 0 Å². The van der Waals surface area contributed by atoms with Crippen LogP contribution in [0.2, 0.25) is 0 Å². The van der Waals surface area contributed by atoms with E-state index in [0.717, 1.165) is 10.9 Å². The number of allylic oxidation sites excluding steroid dienone is 5. The van der Waals surface area contributed by atoms with Crippen molar-refractivity contribution in [3.63, 3.8) is 0 Å². The van der Waals surface area contributed by atoms with Crippen LogP contribution in [0.4, 0.5) is 0 Å². The van der Waals surface area contributed by atoms with E-state index in [-0.39, 0.29) is 0 Å². The summed E-state index contributed by atoms with van der Waals surface area (Å²) in [5.74, 6) is -0.426. The second kappa shape index (κ2) is 8.60. The first-order valence-electron chi connectivity index (χ1n) is 7.17. The lowest BCUT2D eigenvalue weighted by Crippen LogP contribution is -2.18. The summed E-state index contributed by atoms with van der Waals surface area (Å²) in [6.07, 6.45) is 10.4. The highest BCUT2D eigenvalue weighted by Gasteiger charge is 2.01. The summed E-state index contributed by atoms with van der Waals surface area (Å²) >= 11 is 0. The van der Waals surface area contributed by atoms with Gasteiger partial charge in [0.2, 0.25) is 0 Å². The molecule has 0 amide bonds. The maximum atomic E-state index is 11.5. The summed E-state index contributed by atoms with van der Waals surface area (Å²) in [5, 5.41) is 2.32. The van der Waals surface area contributed by atoms with Crippen molar-refractivity contribution >= 4 is 16.7 Å². The van der Waals surface area contributed by atoms with Crippen LogP contribution in [-0.4, -0.2) is 5.97 Å². The quantitative estimate of drug-likeness (QED) is 0.495. The van der Waals surface area contributed by atoms with Gasteiger partial charge in [-0.25, -0.2) is 4.79 Å². The molecule has 0 aromatic heterocycles. The standard InChI is InChI=1S/C19H19NO2/c1-2-3-4-5-6-14-19(21)22-20-15-17-12-9-11-16-10-7-8-13-18(16)17/h2-14,20H,15H2,1H3/b3-2+,5-4+,14-6+. The molecule has 0 radical (unpaired) electrons. The van der Waals surface area contributed by atoms with Gasteiger partial charge in [0.1, 0.15) is 0 Å². The Morgan fingerprint density at radius 2 is 1.82 bits per heavy atom. The molecule has 0 unspecified atom stereocenters. The zero-order valence-electron chi connectivity index (χ0n) is 12.5. The van der Waals surface area contributed by atoms with Gasteiger partial charge in [0.05, 0.1) is 6.54 Å². The van der Waals surface area contributed by atoms with Gasteiger partial charge in [0.25, 0.3) is 0 Å². The third-order valence-corrected chi connectivity index (χ3v) is 3.07. The Hall–Kier alpha value is -2.65. The van der Waals surface area contributed by atoms with E-state index in [1.807, 2.05) is 49.4 Å². The number of benzene rings is 2. The summed E-state index contributed by atoms with van der Waals surface area (Å²) in [4.78, 5) is 16.5. The lowest BCUT2D eigenvalue weighted by atomic mass is 10.1. The van der Waals surface area contributed by atoms with E-state index in [2.05, 4.69) is 23.7 Å². The third-order valence-electron chi connectivity index (χ3n) is 3.07. The first-order chi connectivity index (χ1) is 10.8. The van der Waals surface area contributed by atoms with Gasteiger partial charge in [-0.3, -0.25) is 0 Å². The normalized spacial score (nSPS) is 11.9. The van der Waals surface area contributed by atoms with Gasteiger partial charge in [-0.05, 0) is 23.3 Å². The summed E-state index contributed by atoms with van der Waals surface area (Å²) in [6.45, 7) is 2.40. The molecule has 0 fully saturated rings. The zero-order chi connectivity index (χ0) is 15.6. The number of fused-ring (bicyclic) bond motifs is 1. The minimum atomic E-state index is -0.426. The second-order valence-electron chi connectivity index (χ2n) is 4.65. The Labute approximate surface area is 130 Å². The van der Waals surface area contributed by atoms with Crippen LogP contribution in [0.25, 0.3) is 10.8 Å². The fourth-order valence-corrected chi connectivity index (χ4v) is 2.04. The molecule has 3 heteroatoms. The average molecular weight is 293 g/mol. The predicted molar refractivity (Wildman–Crippen MR) is 90.0 cm³/mol. The van der Waals surface area contributed by atoms with Gasteiger partial charge < -0.3 is 4.84 Å². The fraction of sp³-hybridized carbons (Fsp3) is 0.105. The molecule has 0 saturated heterocycles. The van der Waals surface area contributed by atoms with E-state index in [0.29, 0.717) is 6.54 Å². The molecule has 2 aromatic rings. The maximum absolute atomic E-state index is 11.5. The molecule has 0 atom stereocenters. The minimum absolute atomic E-state index is 0.426. The summed E-state index contributed by atoms with van der Waals surface area (Å²) in [5.41, 5.74) is 3.79. The number of hydroxylamine groups is 1. The van der Waals surface area contributed by atoms with Crippen molar-refractivity contribution in [2.24, 2.45) is 0 Å². The van der Waals surface area contributed by atoms with Gasteiger partial charge >= 0.3 is 5.97 Å². The van der Waals surface area contributed by atoms with E-state index >= 15 is 0 Å². The number of hydrogen-bond acceptors (Lipinski definition) is 3. The molecule has 0 saturated carbocycles. The molecule has 0 heterocycles. The lowest BCUT2D eigenvalue weighted by Gasteiger charge is -2.07. The molecule has 22 heavy (non-hydrogen) atoms. The summed E-state index contributed by atoms with van der Waals surface area (Å²) < 4.78 is 0. The van der Waals surface area contributed by atoms with Crippen LogP contribution in [0.3, 0.4) is 0 Å². The van der Waals surface area contributed by atoms with Crippen LogP contribution in [0.5, 0.6) is 0 Å². The van der Waals surface area contributed by atoms with E-state index < -0.39 is 5.97 Å². The number of nitrogens with one attached hydrogen (secondary N) is 1. The SMILES string of the molecule is C/C=C/C=C/C=C/C(=O)ONCc1cccc2ccccc12. The van der Waals surface area contributed by atoms with Crippen LogP contribution in [0.15, 0.2) is 78.9 Å². The van der Waals surface area contributed by atoms with Crippen LogP contribution in [0, 0.1) is 0 Å². The van der Waals surface area contributed by atoms with Crippen molar-refractivity contribution in [1.29, 1.82) is 0 Å². The highest BCUT2D eigenvalue weighted by molar-refractivity contribution is 5.85. The summed E-state index contributed by atoms with van der Waals surface area (Å²) in [6, 6.07) is 14.2. The fourth-order valence-electron chi connectivity index (χ4n) is 2.04. The van der Waals surface area contributed by atoms with Crippen molar-refractivity contribution in [2.45, 2.75) is 13.5 Å². The smallest absolute Gasteiger partial charge is 0.349 e. The van der Waals surface area contributed by atoms with E-state index in [4.69, 9.17) is 4.84 Å². The molecule has 2 aromatic carbocycles. The van der Waals surface area contributed by atoms with Crippen LogP contribution in [0.1, 0.15) is 12.5 Å². The Balaban J connectivity index is 1.86. The monoisotopic (exact) mass is 293 g/mol. The van der Waals surface area contributed by atoms with Crippen molar-refractivity contribution in [3.8, 4) is 0 Å². The molecular formula is C19H19NO2. The molecule has 0 bridgehead atoms. The van der Waals surface area contributed by atoms with Crippen LogP contribution in [-0.2, 0) is 16.2 Å². The van der Waals surface area contributed by atoms with Crippen molar-refractivity contribution < 1.29 is 9.63 Å². The number of carbonyl (C=O) groups excluding carboxylic acids is 1. The van der Waals surface area contributed by atoms with Gasteiger partial charge in [-0.15, -0.1) is 5.48 Å². The number of rotatable bonds is 6. The van der Waals surface area contributed by atoms with E-state index in [9.17, 15) is 4.79 Å². The van der Waals surface area contributed by atoms with Crippen molar-refractivity contribution in [2.75, 3.05) is 0 Å². The first kappa shape index (κ1) is 15.7. The molecule has 0 aliphatic rings. The average Bonchev–Trinajstić information content (AvgIpc) is 2.55. The topological polar surface area (TPSA) is 38.3 Å². The Morgan fingerprint density at radius 1 is 1.05 bits per heavy atom. The lowest BCUT2D eigenvalue weighted by molar-refractivity contribution is -0.145. The second-order valence-corrected chi connectivity index (χ2v) is 4.65. The third kappa shape index (κ3) is 4.72. The Kier molecular flexibility index (Phi) is 6.15. The Bertz CT molecular complexity index is 709. The highest BCUT2D eigenvalue weighted by atomic mass is 16.7. The molecule has 112 valence electrons. The van der Waals surface area contributed by atoms with Crippen LogP contribution >= 0.6 is 0 Å². The van der Waals surface area contributed by atoms with Crippen molar-refractivity contribution in [3.05, 3.63) is 84.5 Å². The van der Waals surface area contributed by atoms with E-state index in [1.54, 1.807) is 12.2 Å². The number of hydrogen-bond donors (Lipinski definition) is 1. The van der Waals surface area contributed by atoms with Gasteiger partial charge in [-0.1, -0.05) is 72.8 Å². The molecule has 0 spiro atoms. The minimum Gasteiger partial charge on any atom is -0.367 e. The number of carbonyl (C=O) groups is 1. The molecule has 1 N–H and O–H groups in total. The van der Waals surface area contributed by atoms with Gasteiger partial charge in [0, 0.05) is 6.08 Å². The van der Waals surface area contributed by atoms with E-state index in [1.165, 1.54) is 11.5 Å². The molecule has 2 rings (SSSR count). The highest BCUT2D eigenvalue weighted by Crippen LogP contribution is 2.18. The summed E-state index contributed by atoms with van der Waals surface area (Å²) in [7, 11) is 0. The predicted octanol–water partition coefficient (Wildman–Crippen LogP) is 4.08. The molecule has 0 aliphatic heterocycles. The molecule has 0 aliphatic carbocycles. The van der Waals surface area contributed by atoms with Gasteiger partial charge in [0.15, 0.2) is 0 Å². The largest absolute Gasteiger partial charge is 0.367 e. The first-order valence-corrected chi connectivity index (χ1v) is 7.17. The molecule has 3 nitrogen and oxygen atoms in total. The van der Waals surface area contributed by atoms with Crippen LogP contribution < -0.4 is 5.48 Å². The zero-order valence-corrected chi connectivity index (χ0v) is 12.5. The Morgan fingerprint density at radius 3 is 2.68 bits per heavy atom. The van der Waals surface area contributed by atoms with Crippen molar-refractivity contribution in [1.82, 2.24) is 5.48 Å². The maximum Gasteiger partial charge on any atom is 0.349 e.